The molecule has 2 nitrogen and oxygen atoms in total. The molecule has 0 aliphatic carbocycles. The lowest BCUT2D eigenvalue weighted by atomic mass is 9.94. The molecule has 1 aromatic rings. The Kier molecular flexibility index (Phi) is 4.46. The predicted molar refractivity (Wildman–Crippen MR) is 68.8 cm³/mol. The first-order chi connectivity index (χ1) is 8.75. The van der Waals surface area contributed by atoms with Crippen LogP contribution >= 0.6 is 0 Å². The summed E-state index contributed by atoms with van der Waals surface area (Å²) in [5.74, 6) is 0. The van der Waals surface area contributed by atoms with Crippen LogP contribution in [0.1, 0.15) is 44.7 Å². The highest BCUT2D eigenvalue weighted by atomic mass is 19.4. The second kappa shape index (κ2) is 5.52. The van der Waals surface area contributed by atoms with Gasteiger partial charge in [0.2, 0.25) is 0 Å². The summed E-state index contributed by atoms with van der Waals surface area (Å²) in [4.78, 5) is 0. The molecule has 0 heterocycles. The SMILES string of the molecule is CCC(C)(CC)Nc1ccc(C#N)c(C(F)(F)F)c1. The summed E-state index contributed by atoms with van der Waals surface area (Å²) >= 11 is 0. The maximum absolute atomic E-state index is 12.8. The van der Waals surface area contributed by atoms with E-state index in [4.69, 9.17) is 5.26 Å². The fraction of sp³-hybridized carbons (Fsp3) is 0.500. The molecule has 1 aromatic carbocycles. The Morgan fingerprint density at radius 2 is 1.79 bits per heavy atom. The molecular formula is C14H17F3N2. The van der Waals surface area contributed by atoms with E-state index in [2.05, 4.69) is 5.32 Å². The highest BCUT2D eigenvalue weighted by molar-refractivity contribution is 5.54. The van der Waals surface area contributed by atoms with Crippen molar-refractivity contribution in [3.05, 3.63) is 29.3 Å². The van der Waals surface area contributed by atoms with Gasteiger partial charge in [-0.05, 0) is 38.0 Å². The summed E-state index contributed by atoms with van der Waals surface area (Å²) in [5, 5.41) is 11.8. The molecule has 0 bridgehead atoms. The number of alkyl halides is 3. The minimum atomic E-state index is -4.52. The molecule has 0 aliphatic heterocycles. The van der Waals surface area contributed by atoms with Crippen LogP contribution in [0.15, 0.2) is 18.2 Å². The van der Waals surface area contributed by atoms with Crippen LogP contribution in [0.2, 0.25) is 0 Å². The van der Waals surface area contributed by atoms with Crippen LogP contribution in [0.25, 0.3) is 0 Å². The Hall–Kier alpha value is -1.70. The normalized spacial score (nSPS) is 12.1. The molecule has 0 spiro atoms. The van der Waals surface area contributed by atoms with Gasteiger partial charge in [-0.15, -0.1) is 0 Å². The topological polar surface area (TPSA) is 35.8 Å². The third-order valence-corrected chi connectivity index (χ3v) is 3.45. The van der Waals surface area contributed by atoms with Gasteiger partial charge in [-0.1, -0.05) is 13.8 Å². The van der Waals surface area contributed by atoms with E-state index in [1.165, 1.54) is 12.1 Å². The number of nitrogens with zero attached hydrogens (tertiary/aromatic N) is 1. The third-order valence-electron chi connectivity index (χ3n) is 3.45. The van der Waals surface area contributed by atoms with E-state index in [-0.39, 0.29) is 11.1 Å². The molecule has 1 rings (SSSR count). The molecule has 1 N–H and O–H groups in total. The number of anilines is 1. The maximum Gasteiger partial charge on any atom is 0.417 e. The molecule has 5 heteroatoms. The number of hydrogen-bond acceptors (Lipinski definition) is 2. The van der Waals surface area contributed by atoms with Gasteiger partial charge in [-0.3, -0.25) is 0 Å². The average Bonchev–Trinajstić information content (AvgIpc) is 2.37. The molecule has 0 saturated carbocycles. The molecule has 104 valence electrons. The maximum atomic E-state index is 12.8. The molecule has 0 aliphatic rings. The predicted octanol–water partition coefficient (Wildman–Crippen LogP) is 4.57. The number of benzene rings is 1. The summed E-state index contributed by atoms with van der Waals surface area (Å²) < 4.78 is 38.5. The Bertz CT molecular complexity index is 482. The van der Waals surface area contributed by atoms with Crippen molar-refractivity contribution >= 4 is 5.69 Å². The van der Waals surface area contributed by atoms with Crippen LogP contribution in [0.5, 0.6) is 0 Å². The molecule has 0 saturated heterocycles. The fourth-order valence-corrected chi connectivity index (χ4v) is 1.73. The lowest BCUT2D eigenvalue weighted by molar-refractivity contribution is -0.137. The van der Waals surface area contributed by atoms with E-state index in [0.29, 0.717) is 5.69 Å². The largest absolute Gasteiger partial charge is 0.417 e. The first-order valence-corrected chi connectivity index (χ1v) is 6.15. The van der Waals surface area contributed by atoms with E-state index in [0.717, 1.165) is 18.9 Å². The summed E-state index contributed by atoms with van der Waals surface area (Å²) in [6.07, 6.45) is -2.92. The lowest BCUT2D eigenvalue weighted by Gasteiger charge is -2.30. The highest BCUT2D eigenvalue weighted by Crippen LogP contribution is 2.34. The standard InChI is InChI=1S/C14H17F3N2/c1-4-13(3,5-2)19-11-7-6-10(9-18)12(8-11)14(15,16)17/h6-8,19H,4-5H2,1-3H3. The Morgan fingerprint density at radius 1 is 1.21 bits per heavy atom. The van der Waals surface area contributed by atoms with Gasteiger partial charge in [0.05, 0.1) is 17.2 Å². The fourth-order valence-electron chi connectivity index (χ4n) is 1.73. The molecular weight excluding hydrogens is 253 g/mol. The van der Waals surface area contributed by atoms with Crippen molar-refractivity contribution < 1.29 is 13.2 Å². The second-order valence-electron chi connectivity index (χ2n) is 4.76. The average molecular weight is 270 g/mol. The third kappa shape index (κ3) is 3.63. The van der Waals surface area contributed by atoms with Gasteiger partial charge in [0, 0.05) is 11.2 Å². The number of nitrogens with one attached hydrogen (secondary N) is 1. The van der Waals surface area contributed by atoms with Crippen LogP contribution in [-0.4, -0.2) is 5.54 Å². The lowest BCUT2D eigenvalue weighted by Crippen LogP contribution is -2.33. The summed E-state index contributed by atoms with van der Waals surface area (Å²) in [7, 11) is 0. The van der Waals surface area contributed by atoms with Gasteiger partial charge in [-0.25, -0.2) is 0 Å². The van der Waals surface area contributed by atoms with Crippen molar-refractivity contribution in [2.75, 3.05) is 5.32 Å². The van der Waals surface area contributed by atoms with Crippen LogP contribution < -0.4 is 5.32 Å². The van der Waals surface area contributed by atoms with Crippen LogP contribution in [0.4, 0.5) is 18.9 Å². The van der Waals surface area contributed by atoms with E-state index in [1.54, 1.807) is 6.07 Å². The van der Waals surface area contributed by atoms with E-state index < -0.39 is 11.7 Å². The van der Waals surface area contributed by atoms with Gasteiger partial charge in [0.15, 0.2) is 0 Å². The van der Waals surface area contributed by atoms with Gasteiger partial charge < -0.3 is 5.32 Å². The zero-order valence-corrected chi connectivity index (χ0v) is 11.2. The van der Waals surface area contributed by atoms with Crippen molar-refractivity contribution in [2.24, 2.45) is 0 Å². The summed E-state index contributed by atoms with van der Waals surface area (Å²) in [6.45, 7) is 5.91. The van der Waals surface area contributed by atoms with Crippen LogP contribution in [0, 0.1) is 11.3 Å². The quantitative estimate of drug-likeness (QED) is 0.870. The van der Waals surface area contributed by atoms with E-state index in [1.807, 2.05) is 20.8 Å². The van der Waals surface area contributed by atoms with Gasteiger partial charge >= 0.3 is 6.18 Å². The zero-order chi connectivity index (χ0) is 14.7. The molecule has 0 atom stereocenters. The number of halogens is 3. The van der Waals surface area contributed by atoms with Gasteiger partial charge in [0.1, 0.15) is 0 Å². The molecule has 0 aromatic heterocycles. The summed E-state index contributed by atoms with van der Waals surface area (Å²) in [6, 6.07) is 5.29. The molecule has 0 radical (unpaired) electrons. The first kappa shape index (κ1) is 15.4. The number of hydrogen-bond donors (Lipinski definition) is 1. The molecule has 0 unspecified atom stereocenters. The Morgan fingerprint density at radius 3 is 2.21 bits per heavy atom. The van der Waals surface area contributed by atoms with Crippen molar-refractivity contribution in [3.63, 3.8) is 0 Å². The second-order valence-corrected chi connectivity index (χ2v) is 4.76. The van der Waals surface area contributed by atoms with Crippen molar-refractivity contribution in [1.29, 1.82) is 5.26 Å². The monoisotopic (exact) mass is 270 g/mol. The van der Waals surface area contributed by atoms with Crippen molar-refractivity contribution in [1.82, 2.24) is 0 Å². The minimum Gasteiger partial charge on any atom is -0.380 e. The molecule has 0 fully saturated rings. The van der Waals surface area contributed by atoms with Gasteiger partial charge in [-0.2, -0.15) is 18.4 Å². The van der Waals surface area contributed by atoms with E-state index >= 15 is 0 Å². The molecule has 0 amide bonds. The van der Waals surface area contributed by atoms with Crippen molar-refractivity contribution in [3.8, 4) is 6.07 Å². The Balaban J connectivity index is 3.17. The van der Waals surface area contributed by atoms with Gasteiger partial charge in [0.25, 0.3) is 0 Å². The first-order valence-electron chi connectivity index (χ1n) is 6.15. The molecule has 19 heavy (non-hydrogen) atoms. The van der Waals surface area contributed by atoms with Crippen LogP contribution in [-0.2, 0) is 6.18 Å². The number of rotatable bonds is 4. The minimum absolute atomic E-state index is 0.253. The zero-order valence-electron chi connectivity index (χ0n) is 11.2. The highest BCUT2D eigenvalue weighted by Gasteiger charge is 2.34. The van der Waals surface area contributed by atoms with Crippen molar-refractivity contribution in [2.45, 2.75) is 45.3 Å². The number of nitriles is 1. The van der Waals surface area contributed by atoms with Crippen LogP contribution in [0.3, 0.4) is 0 Å². The Labute approximate surface area is 111 Å². The van der Waals surface area contributed by atoms with E-state index in [9.17, 15) is 13.2 Å². The summed E-state index contributed by atoms with van der Waals surface area (Å²) in [5.41, 5.74) is -1.11. The smallest absolute Gasteiger partial charge is 0.380 e.